The Bertz CT molecular complexity index is 536. The standard InChI is InChI=1S/C15H20N2OS/c1-10(2)18-14-6-4-5-12(8-14)15(17-16)13-7-11(3)19-9-13/h4-10,15,17H,16H2,1-3H3. The van der Waals surface area contributed by atoms with Gasteiger partial charge in [-0.3, -0.25) is 5.84 Å². The van der Waals surface area contributed by atoms with Crippen LogP contribution in [-0.2, 0) is 0 Å². The molecule has 0 aliphatic carbocycles. The van der Waals surface area contributed by atoms with E-state index in [0.717, 1.165) is 11.3 Å². The molecule has 0 saturated heterocycles. The average Bonchev–Trinajstić information content (AvgIpc) is 2.76. The van der Waals surface area contributed by atoms with Crippen molar-refractivity contribution in [2.45, 2.75) is 32.9 Å². The quantitative estimate of drug-likeness (QED) is 0.650. The normalized spacial score (nSPS) is 12.7. The highest BCUT2D eigenvalue weighted by atomic mass is 32.1. The Morgan fingerprint density at radius 2 is 2.00 bits per heavy atom. The van der Waals surface area contributed by atoms with Gasteiger partial charge < -0.3 is 4.74 Å². The molecule has 102 valence electrons. The molecule has 19 heavy (non-hydrogen) atoms. The van der Waals surface area contributed by atoms with E-state index in [9.17, 15) is 0 Å². The molecule has 1 unspecified atom stereocenters. The minimum atomic E-state index is 0.000613. The van der Waals surface area contributed by atoms with Gasteiger partial charge in [-0.05, 0) is 55.5 Å². The molecule has 0 radical (unpaired) electrons. The van der Waals surface area contributed by atoms with Gasteiger partial charge in [-0.1, -0.05) is 12.1 Å². The monoisotopic (exact) mass is 276 g/mol. The summed E-state index contributed by atoms with van der Waals surface area (Å²) in [5.74, 6) is 6.59. The van der Waals surface area contributed by atoms with Gasteiger partial charge in [0.05, 0.1) is 12.1 Å². The number of hydrogen-bond donors (Lipinski definition) is 2. The molecule has 0 saturated carbocycles. The van der Waals surface area contributed by atoms with E-state index in [2.05, 4.69) is 29.9 Å². The summed E-state index contributed by atoms with van der Waals surface area (Å²) in [4.78, 5) is 1.28. The molecule has 3 nitrogen and oxygen atoms in total. The topological polar surface area (TPSA) is 47.3 Å². The fourth-order valence-electron chi connectivity index (χ4n) is 2.04. The van der Waals surface area contributed by atoms with Gasteiger partial charge in [0.15, 0.2) is 0 Å². The van der Waals surface area contributed by atoms with E-state index in [1.54, 1.807) is 11.3 Å². The molecule has 2 rings (SSSR count). The average molecular weight is 276 g/mol. The highest BCUT2D eigenvalue weighted by molar-refractivity contribution is 7.10. The van der Waals surface area contributed by atoms with Gasteiger partial charge in [0, 0.05) is 4.88 Å². The molecule has 2 aromatic rings. The SMILES string of the molecule is Cc1cc(C(NN)c2cccc(OC(C)C)c2)cs1. The van der Waals surface area contributed by atoms with Crippen LogP contribution in [0.1, 0.15) is 35.9 Å². The summed E-state index contributed by atoms with van der Waals surface area (Å²) in [6, 6.07) is 10.2. The third-order valence-electron chi connectivity index (χ3n) is 2.81. The van der Waals surface area contributed by atoms with Crippen molar-refractivity contribution in [3.05, 3.63) is 51.7 Å². The lowest BCUT2D eigenvalue weighted by molar-refractivity contribution is 0.242. The summed E-state index contributed by atoms with van der Waals surface area (Å²) < 4.78 is 5.72. The summed E-state index contributed by atoms with van der Waals surface area (Å²) in [5, 5.41) is 2.13. The Balaban J connectivity index is 2.28. The number of rotatable bonds is 5. The Labute approximate surface area is 118 Å². The first-order valence-electron chi connectivity index (χ1n) is 6.38. The van der Waals surface area contributed by atoms with Crippen molar-refractivity contribution in [1.82, 2.24) is 5.43 Å². The smallest absolute Gasteiger partial charge is 0.120 e. The van der Waals surface area contributed by atoms with E-state index in [0.29, 0.717) is 0 Å². The summed E-state index contributed by atoms with van der Waals surface area (Å²) in [6.07, 6.45) is 0.169. The van der Waals surface area contributed by atoms with Gasteiger partial charge in [-0.25, -0.2) is 5.43 Å². The number of nitrogens with one attached hydrogen (secondary N) is 1. The molecule has 0 spiro atoms. The Kier molecular flexibility index (Phi) is 4.58. The highest BCUT2D eigenvalue weighted by Gasteiger charge is 2.14. The molecule has 0 fully saturated rings. The number of ether oxygens (including phenoxy) is 1. The van der Waals surface area contributed by atoms with E-state index >= 15 is 0 Å². The fourth-order valence-corrected chi connectivity index (χ4v) is 2.77. The van der Waals surface area contributed by atoms with E-state index in [4.69, 9.17) is 10.6 Å². The first-order valence-corrected chi connectivity index (χ1v) is 7.26. The summed E-state index contributed by atoms with van der Waals surface area (Å²) in [7, 11) is 0. The van der Waals surface area contributed by atoms with Gasteiger partial charge in [0.2, 0.25) is 0 Å². The molecule has 0 amide bonds. The highest BCUT2D eigenvalue weighted by Crippen LogP contribution is 2.28. The second kappa shape index (κ2) is 6.19. The molecular formula is C15H20N2OS. The van der Waals surface area contributed by atoms with Crippen molar-refractivity contribution in [1.29, 1.82) is 0 Å². The lowest BCUT2D eigenvalue weighted by Crippen LogP contribution is -2.28. The van der Waals surface area contributed by atoms with Gasteiger partial charge in [-0.15, -0.1) is 11.3 Å². The molecule has 0 aliphatic rings. The second-order valence-electron chi connectivity index (χ2n) is 4.83. The molecule has 1 aromatic carbocycles. The number of hydrazine groups is 1. The third-order valence-corrected chi connectivity index (χ3v) is 3.69. The molecule has 4 heteroatoms. The van der Waals surface area contributed by atoms with Gasteiger partial charge in [0.1, 0.15) is 5.75 Å². The van der Waals surface area contributed by atoms with Crippen molar-refractivity contribution < 1.29 is 4.74 Å². The molecule has 1 heterocycles. The first kappa shape index (κ1) is 14.1. The zero-order valence-electron chi connectivity index (χ0n) is 11.5. The minimum absolute atomic E-state index is 0.000613. The van der Waals surface area contributed by atoms with Crippen molar-refractivity contribution in [2.75, 3.05) is 0 Å². The summed E-state index contributed by atoms with van der Waals surface area (Å²) in [5.41, 5.74) is 5.18. The predicted molar refractivity (Wildman–Crippen MR) is 80.4 cm³/mol. The lowest BCUT2D eigenvalue weighted by atomic mass is 10.0. The molecule has 0 aliphatic heterocycles. The van der Waals surface area contributed by atoms with Crippen LogP contribution in [-0.4, -0.2) is 6.10 Å². The van der Waals surface area contributed by atoms with Crippen LogP contribution >= 0.6 is 11.3 Å². The number of nitrogens with two attached hydrogens (primary N) is 1. The Morgan fingerprint density at radius 3 is 2.58 bits per heavy atom. The molecule has 1 atom stereocenters. The third kappa shape index (κ3) is 3.56. The van der Waals surface area contributed by atoms with Crippen LogP contribution in [0.5, 0.6) is 5.75 Å². The lowest BCUT2D eigenvalue weighted by Gasteiger charge is -2.17. The Hall–Kier alpha value is -1.36. The van der Waals surface area contributed by atoms with Crippen LogP contribution in [0.15, 0.2) is 35.7 Å². The zero-order chi connectivity index (χ0) is 13.8. The van der Waals surface area contributed by atoms with Gasteiger partial charge in [-0.2, -0.15) is 0 Å². The van der Waals surface area contributed by atoms with E-state index in [1.807, 2.05) is 32.0 Å². The molecular weight excluding hydrogens is 256 g/mol. The maximum atomic E-state index is 5.72. The maximum absolute atomic E-state index is 5.72. The van der Waals surface area contributed by atoms with Gasteiger partial charge >= 0.3 is 0 Å². The van der Waals surface area contributed by atoms with Crippen molar-refractivity contribution in [3.63, 3.8) is 0 Å². The number of benzene rings is 1. The van der Waals surface area contributed by atoms with Crippen molar-refractivity contribution >= 4 is 11.3 Å². The second-order valence-corrected chi connectivity index (χ2v) is 5.94. The van der Waals surface area contributed by atoms with Crippen molar-refractivity contribution in [3.8, 4) is 5.75 Å². The molecule has 1 aromatic heterocycles. The van der Waals surface area contributed by atoms with Crippen LogP contribution in [0.3, 0.4) is 0 Å². The molecule has 3 N–H and O–H groups in total. The van der Waals surface area contributed by atoms with E-state index < -0.39 is 0 Å². The summed E-state index contributed by atoms with van der Waals surface area (Å²) >= 11 is 1.73. The minimum Gasteiger partial charge on any atom is -0.491 e. The number of hydrogen-bond acceptors (Lipinski definition) is 4. The number of aryl methyl sites for hydroxylation is 1. The number of thiophene rings is 1. The van der Waals surface area contributed by atoms with Gasteiger partial charge in [0.25, 0.3) is 0 Å². The van der Waals surface area contributed by atoms with Crippen LogP contribution in [0.2, 0.25) is 0 Å². The van der Waals surface area contributed by atoms with E-state index in [1.165, 1.54) is 10.4 Å². The summed E-state index contributed by atoms with van der Waals surface area (Å²) in [6.45, 7) is 6.14. The van der Waals surface area contributed by atoms with Crippen LogP contribution in [0, 0.1) is 6.92 Å². The molecule has 0 bridgehead atoms. The fraction of sp³-hybridized carbons (Fsp3) is 0.333. The zero-order valence-corrected chi connectivity index (χ0v) is 12.3. The first-order chi connectivity index (χ1) is 9.10. The van der Waals surface area contributed by atoms with Crippen molar-refractivity contribution in [2.24, 2.45) is 5.84 Å². The van der Waals surface area contributed by atoms with Crippen LogP contribution in [0.4, 0.5) is 0 Å². The van der Waals surface area contributed by atoms with Crippen LogP contribution < -0.4 is 16.0 Å². The Morgan fingerprint density at radius 1 is 1.21 bits per heavy atom. The largest absolute Gasteiger partial charge is 0.491 e. The predicted octanol–water partition coefficient (Wildman–Crippen LogP) is 3.40. The van der Waals surface area contributed by atoms with E-state index in [-0.39, 0.29) is 12.1 Å². The maximum Gasteiger partial charge on any atom is 0.120 e. The van der Waals surface area contributed by atoms with Crippen LogP contribution in [0.25, 0.3) is 0 Å².